The fourth-order valence-electron chi connectivity index (χ4n) is 3.76. The average molecular weight is 446 g/mol. The second-order valence-corrected chi connectivity index (χ2v) is 8.98. The van der Waals surface area contributed by atoms with Crippen molar-refractivity contribution >= 4 is 39.0 Å². The zero-order valence-corrected chi connectivity index (χ0v) is 18.5. The van der Waals surface area contributed by atoms with Gasteiger partial charge in [-0.15, -0.1) is 0 Å². The van der Waals surface area contributed by atoms with Crippen molar-refractivity contribution in [1.82, 2.24) is 24.8 Å². The minimum atomic E-state index is 0.0148. The van der Waals surface area contributed by atoms with Gasteiger partial charge in [0.1, 0.15) is 5.82 Å². The number of pyridine rings is 3. The molecule has 0 spiro atoms. The first-order valence-electron chi connectivity index (χ1n) is 10.5. The molecule has 1 aliphatic rings. The minimum Gasteiger partial charge on any atom is -0.375 e. The number of aromatic nitrogens is 4. The molecule has 0 atom stereocenters. The van der Waals surface area contributed by atoms with Crippen LogP contribution in [0.3, 0.4) is 0 Å². The number of hydrogen-bond donors (Lipinski definition) is 1. The van der Waals surface area contributed by atoms with E-state index in [2.05, 4.69) is 31.8 Å². The second kappa shape index (κ2) is 8.60. The van der Waals surface area contributed by atoms with Gasteiger partial charge < -0.3 is 15.5 Å². The molecule has 2 N–H and O–H groups in total. The number of fused-ring (bicyclic) bond motifs is 1. The number of likely N-dealkylation sites (N-methyl/N-ethyl adjacent to an activating group) is 1. The smallest absolute Gasteiger partial charge is 0.180 e. The molecule has 0 unspecified atom stereocenters. The van der Waals surface area contributed by atoms with Crippen molar-refractivity contribution in [2.45, 2.75) is 6.42 Å². The lowest BCUT2D eigenvalue weighted by Crippen LogP contribution is -2.44. The van der Waals surface area contributed by atoms with E-state index >= 15 is 0 Å². The summed E-state index contributed by atoms with van der Waals surface area (Å²) >= 11 is 1.40. The largest absolute Gasteiger partial charge is 0.375 e. The van der Waals surface area contributed by atoms with Gasteiger partial charge in [0.15, 0.2) is 10.9 Å². The Morgan fingerprint density at radius 1 is 1.06 bits per heavy atom. The predicted molar refractivity (Wildman–Crippen MR) is 127 cm³/mol. The van der Waals surface area contributed by atoms with Crippen molar-refractivity contribution in [3.8, 4) is 10.6 Å². The molecule has 0 aliphatic carbocycles. The van der Waals surface area contributed by atoms with E-state index in [1.807, 2.05) is 24.3 Å². The highest BCUT2D eigenvalue weighted by Crippen LogP contribution is 2.27. The SMILES string of the molecule is CN1CCN(c2cc(C(=O)Cc3cc4nc(-c5cnc(N)s5)ccc4cn3)ccn2)CC1. The van der Waals surface area contributed by atoms with E-state index in [0.29, 0.717) is 16.4 Å². The molecular weight excluding hydrogens is 422 g/mol. The van der Waals surface area contributed by atoms with Crippen LogP contribution in [0, 0.1) is 0 Å². The lowest BCUT2D eigenvalue weighted by molar-refractivity contribution is 0.0992. The van der Waals surface area contributed by atoms with Gasteiger partial charge in [0.25, 0.3) is 0 Å². The summed E-state index contributed by atoms with van der Waals surface area (Å²) in [4.78, 5) is 36.2. The Balaban J connectivity index is 1.36. The zero-order valence-electron chi connectivity index (χ0n) is 17.7. The molecule has 4 aromatic rings. The summed E-state index contributed by atoms with van der Waals surface area (Å²) in [6.07, 6.45) is 5.41. The van der Waals surface area contributed by atoms with Crippen LogP contribution < -0.4 is 10.6 Å². The van der Waals surface area contributed by atoms with Gasteiger partial charge in [-0.1, -0.05) is 11.3 Å². The fraction of sp³-hybridized carbons (Fsp3) is 0.261. The standard InChI is InChI=1S/C23H23N7OS/c1-29-6-8-30(9-7-29)22-10-15(4-5-25-22)20(31)12-17-11-19-16(13-26-17)2-3-18(28-19)21-14-27-23(24)32-21/h2-5,10-11,13-14H,6-9,12H2,1H3,(H2,24,27). The van der Waals surface area contributed by atoms with Crippen LogP contribution in [-0.2, 0) is 6.42 Å². The molecule has 5 rings (SSSR count). The first kappa shape index (κ1) is 20.5. The molecule has 0 aromatic carbocycles. The van der Waals surface area contributed by atoms with E-state index in [-0.39, 0.29) is 12.2 Å². The van der Waals surface area contributed by atoms with Crippen molar-refractivity contribution in [2.24, 2.45) is 0 Å². The van der Waals surface area contributed by atoms with Crippen molar-refractivity contribution in [3.63, 3.8) is 0 Å². The number of nitrogens with two attached hydrogens (primary N) is 1. The van der Waals surface area contributed by atoms with Gasteiger partial charge in [-0.05, 0) is 37.4 Å². The maximum Gasteiger partial charge on any atom is 0.180 e. The van der Waals surface area contributed by atoms with E-state index in [1.165, 1.54) is 11.3 Å². The molecule has 1 fully saturated rings. The predicted octanol–water partition coefficient (Wildman–Crippen LogP) is 2.91. The summed E-state index contributed by atoms with van der Waals surface area (Å²) in [5, 5.41) is 1.43. The highest BCUT2D eigenvalue weighted by atomic mass is 32.1. The summed E-state index contributed by atoms with van der Waals surface area (Å²) in [6.45, 7) is 3.80. The summed E-state index contributed by atoms with van der Waals surface area (Å²) in [5.41, 5.74) is 8.69. The summed E-state index contributed by atoms with van der Waals surface area (Å²) in [6, 6.07) is 9.44. The molecule has 162 valence electrons. The molecule has 1 saturated heterocycles. The van der Waals surface area contributed by atoms with Gasteiger partial charge in [-0.25, -0.2) is 15.0 Å². The molecule has 9 heteroatoms. The highest BCUT2D eigenvalue weighted by molar-refractivity contribution is 7.18. The third kappa shape index (κ3) is 4.30. The first-order valence-corrected chi connectivity index (χ1v) is 11.3. The van der Waals surface area contributed by atoms with E-state index in [4.69, 9.17) is 10.7 Å². The third-order valence-corrected chi connectivity index (χ3v) is 6.49. The average Bonchev–Trinajstić information content (AvgIpc) is 3.25. The number of rotatable bonds is 5. The Kier molecular flexibility index (Phi) is 5.50. The summed E-state index contributed by atoms with van der Waals surface area (Å²) in [5.74, 6) is 0.867. The Hall–Kier alpha value is -3.43. The maximum atomic E-state index is 13.0. The van der Waals surface area contributed by atoms with Gasteiger partial charge in [0.05, 0.1) is 28.2 Å². The Labute approximate surface area is 189 Å². The first-order chi connectivity index (χ1) is 15.5. The Morgan fingerprint density at radius 2 is 1.91 bits per heavy atom. The van der Waals surface area contributed by atoms with Crippen molar-refractivity contribution in [2.75, 3.05) is 43.9 Å². The number of carbonyl (C=O) groups is 1. The topological polar surface area (TPSA) is 101 Å². The molecule has 1 aliphatic heterocycles. The van der Waals surface area contributed by atoms with Gasteiger partial charge in [0.2, 0.25) is 0 Å². The lowest BCUT2D eigenvalue weighted by Gasteiger charge is -2.33. The Morgan fingerprint density at radius 3 is 2.69 bits per heavy atom. The fourth-order valence-corrected chi connectivity index (χ4v) is 4.42. The van der Waals surface area contributed by atoms with Crippen LogP contribution in [0.1, 0.15) is 16.1 Å². The number of anilines is 2. The van der Waals surface area contributed by atoms with E-state index < -0.39 is 0 Å². The van der Waals surface area contributed by atoms with Gasteiger partial charge >= 0.3 is 0 Å². The number of carbonyl (C=O) groups excluding carboxylic acids is 1. The monoisotopic (exact) mass is 445 g/mol. The molecule has 0 bridgehead atoms. The van der Waals surface area contributed by atoms with Gasteiger partial charge in [0, 0.05) is 55.7 Å². The van der Waals surface area contributed by atoms with Crippen LogP contribution >= 0.6 is 11.3 Å². The van der Waals surface area contributed by atoms with Gasteiger partial charge in [-0.3, -0.25) is 9.78 Å². The van der Waals surface area contributed by atoms with E-state index in [0.717, 1.165) is 53.5 Å². The molecule has 32 heavy (non-hydrogen) atoms. The zero-order chi connectivity index (χ0) is 22.1. The molecular formula is C23H23N7OS. The summed E-state index contributed by atoms with van der Waals surface area (Å²) in [7, 11) is 2.12. The summed E-state index contributed by atoms with van der Waals surface area (Å²) < 4.78 is 0. The molecule has 5 heterocycles. The molecule has 0 radical (unpaired) electrons. The number of piperazine rings is 1. The lowest BCUT2D eigenvalue weighted by atomic mass is 10.1. The van der Waals surface area contributed by atoms with Crippen LogP contribution in [0.15, 0.2) is 48.9 Å². The molecule has 0 saturated carbocycles. The second-order valence-electron chi connectivity index (χ2n) is 7.92. The minimum absolute atomic E-state index is 0.0148. The number of hydrogen-bond acceptors (Lipinski definition) is 9. The number of nitrogen functional groups attached to an aromatic ring is 1. The van der Waals surface area contributed by atoms with Crippen LogP contribution in [0.5, 0.6) is 0 Å². The van der Waals surface area contributed by atoms with Gasteiger partial charge in [-0.2, -0.15) is 0 Å². The van der Waals surface area contributed by atoms with E-state index in [9.17, 15) is 4.79 Å². The van der Waals surface area contributed by atoms with Crippen molar-refractivity contribution in [3.05, 3.63) is 60.2 Å². The van der Waals surface area contributed by atoms with E-state index in [1.54, 1.807) is 24.7 Å². The quantitative estimate of drug-likeness (QED) is 0.468. The normalized spacial score (nSPS) is 14.7. The van der Waals surface area contributed by atoms with Crippen LogP contribution in [0.4, 0.5) is 10.9 Å². The highest BCUT2D eigenvalue weighted by Gasteiger charge is 2.17. The van der Waals surface area contributed by atoms with Crippen molar-refractivity contribution in [1.29, 1.82) is 0 Å². The van der Waals surface area contributed by atoms with Crippen LogP contribution in [-0.4, -0.2) is 63.8 Å². The number of Topliss-reactive ketones (excluding diaryl/α,β-unsaturated/α-hetero) is 1. The third-order valence-electron chi connectivity index (χ3n) is 5.64. The number of ketones is 1. The molecule has 4 aromatic heterocycles. The molecule has 0 amide bonds. The van der Waals surface area contributed by atoms with Crippen LogP contribution in [0.2, 0.25) is 0 Å². The number of thiazole rings is 1. The maximum absolute atomic E-state index is 13.0. The van der Waals surface area contributed by atoms with Crippen LogP contribution in [0.25, 0.3) is 21.5 Å². The molecule has 8 nitrogen and oxygen atoms in total. The van der Waals surface area contributed by atoms with Crippen molar-refractivity contribution < 1.29 is 4.79 Å². The Bertz CT molecular complexity index is 1280. The number of nitrogens with zero attached hydrogens (tertiary/aromatic N) is 6.